The smallest absolute Gasteiger partial charge is 0.254 e. The maximum atomic E-state index is 14.3. The summed E-state index contributed by atoms with van der Waals surface area (Å²) in [6.45, 7) is 2.63. The second-order valence-corrected chi connectivity index (χ2v) is 7.40. The summed E-state index contributed by atoms with van der Waals surface area (Å²) in [6.07, 6.45) is 1.63. The van der Waals surface area contributed by atoms with Crippen LogP contribution in [-0.4, -0.2) is 17.4 Å². The number of hydrogen-bond donors (Lipinski definition) is 0. The highest BCUT2D eigenvalue weighted by molar-refractivity contribution is 5.95. The van der Waals surface area contributed by atoms with E-state index in [1.165, 1.54) is 6.07 Å². The van der Waals surface area contributed by atoms with Crippen molar-refractivity contribution >= 4 is 5.91 Å². The first-order chi connectivity index (χ1) is 14.1. The summed E-state index contributed by atoms with van der Waals surface area (Å²) in [4.78, 5) is 14.9. The van der Waals surface area contributed by atoms with E-state index in [1.807, 2.05) is 49.4 Å². The number of nitriles is 1. The predicted octanol–water partition coefficient (Wildman–Crippen LogP) is 5.65. The van der Waals surface area contributed by atoms with Crippen LogP contribution in [0.3, 0.4) is 0 Å². The van der Waals surface area contributed by atoms with E-state index < -0.39 is 0 Å². The van der Waals surface area contributed by atoms with Gasteiger partial charge in [0.1, 0.15) is 5.82 Å². The Balaban J connectivity index is 1.60. The van der Waals surface area contributed by atoms with Gasteiger partial charge in [-0.25, -0.2) is 4.39 Å². The first kappa shape index (κ1) is 18.9. The summed E-state index contributed by atoms with van der Waals surface area (Å²) < 4.78 is 14.3. The largest absolute Gasteiger partial charge is 0.331 e. The van der Waals surface area contributed by atoms with E-state index >= 15 is 0 Å². The van der Waals surface area contributed by atoms with Crippen LogP contribution in [0.15, 0.2) is 66.7 Å². The third kappa shape index (κ3) is 3.64. The molecular formula is C25H21FN2O. The lowest BCUT2D eigenvalue weighted by Gasteiger charge is -2.25. The lowest BCUT2D eigenvalue weighted by molar-refractivity contribution is 0.0733. The van der Waals surface area contributed by atoms with Gasteiger partial charge >= 0.3 is 0 Å². The summed E-state index contributed by atoms with van der Waals surface area (Å²) in [5, 5.41) is 9.15. The Morgan fingerprint density at radius 2 is 1.86 bits per heavy atom. The van der Waals surface area contributed by atoms with Crippen LogP contribution in [0, 0.1) is 24.1 Å². The summed E-state index contributed by atoms with van der Waals surface area (Å²) in [5.41, 5.74) is 4.79. The molecule has 3 nitrogen and oxygen atoms in total. The van der Waals surface area contributed by atoms with E-state index in [2.05, 4.69) is 6.07 Å². The summed E-state index contributed by atoms with van der Waals surface area (Å²) >= 11 is 0. The van der Waals surface area contributed by atoms with E-state index in [0.29, 0.717) is 23.2 Å². The number of hydrogen-bond acceptors (Lipinski definition) is 2. The Morgan fingerprint density at radius 1 is 1.10 bits per heavy atom. The van der Waals surface area contributed by atoms with Gasteiger partial charge in [0.05, 0.1) is 17.7 Å². The minimum absolute atomic E-state index is 0.0789. The van der Waals surface area contributed by atoms with Crippen LogP contribution in [0.2, 0.25) is 0 Å². The lowest BCUT2D eigenvalue weighted by Crippen LogP contribution is -2.31. The molecule has 29 heavy (non-hydrogen) atoms. The molecule has 1 amide bonds. The molecule has 0 aromatic heterocycles. The van der Waals surface area contributed by atoms with E-state index in [-0.39, 0.29) is 17.8 Å². The van der Waals surface area contributed by atoms with Crippen LogP contribution in [0.25, 0.3) is 11.1 Å². The molecule has 1 aliphatic rings. The quantitative estimate of drug-likeness (QED) is 0.586. The van der Waals surface area contributed by atoms with Gasteiger partial charge in [-0.2, -0.15) is 5.26 Å². The van der Waals surface area contributed by atoms with E-state index in [4.69, 9.17) is 5.26 Å². The first-order valence-electron chi connectivity index (χ1n) is 9.75. The predicted molar refractivity (Wildman–Crippen MR) is 111 cm³/mol. The fourth-order valence-corrected chi connectivity index (χ4v) is 4.04. The van der Waals surface area contributed by atoms with Gasteiger partial charge in [0.2, 0.25) is 0 Å². The van der Waals surface area contributed by atoms with Crippen LogP contribution in [0.4, 0.5) is 4.39 Å². The van der Waals surface area contributed by atoms with E-state index in [1.54, 1.807) is 23.1 Å². The standard InChI is InChI=1S/C25H21FN2O/c1-17-8-9-18(16-27)15-22(17)19-10-12-20(13-11-19)25(29)28-14-4-7-24(28)21-5-2-3-6-23(21)26/h2-3,5-6,8-13,15,24H,4,7,14H2,1H3/t24-/m1/s1. The van der Waals surface area contributed by atoms with E-state index in [0.717, 1.165) is 29.5 Å². The van der Waals surface area contributed by atoms with Crippen LogP contribution in [0.5, 0.6) is 0 Å². The minimum atomic E-state index is -0.264. The maximum absolute atomic E-state index is 14.3. The number of rotatable bonds is 3. The molecule has 4 heteroatoms. The highest BCUT2D eigenvalue weighted by Gasteiger charge is 2.32. The molecule has 144 valence electrons. The molecule has 0 unspecified atom stereocenters. The molecule has 0 saturated carbocycles. The van der Waals surface area contributed by atoms with Crippen molar-refractivity contribution in [3.05, 3.63) is 94.8 Å². The first-order valence-corrected chi connectivity index (χ1v) is 9.75. The topological polar surface area (TPSA) is 44.1 Å². The molecule has 4 rings (SSSR count). The summed E-state index contributed by atoms with van der Waals surface area (Å²) in [6, 6.07) is 21.7. The van der Waals surface area contributed by atoms with Gasteiger partial charge in [0.25, 0.3) is 5.91 Å². The summed E-state index contributed by atoms with van der Waals surface area (Å²) in [5.74, 6) is -0.342. The van der Waals surface area contributed by atoms with Crippen LogP contribution >= 0.6 is 0 Å². The number of carbonyl (C=O) groups is 1. The van der Waals surface area contributed by atoms with Gasteiger partial charge in [-0.05, 0) is 66.8 Å². The highest BCUT2D eigenvalue weighted by atomic mass is 19.1. The van der Waals surface area contributed by atoms with Crippen LogP contribution in [0.1, 0.15) is 45.9 Å². The average molecular weight is 384 g/mol. The van der Waals surface area contributed by atoms with Crippen molar-refractivity contribution in [2.45, 2.75) is 25.8 Å². The molecule has 0 spiro atoms. The zero-order valence-corrected chi connectivity index (χ0v) is 16.2. The normalized spacial score (nSPS) is 15.9. The van der Waals surface area contributed by atoms with Gasteiger partial charge in [-0.1, -0.05) is 36.4 Å². The van der Waals surface area contributed by atoms with Crippen molar-refractivity contribution < 1.29 is 9.18 Å². The number of nitrogens with zero attached hydrogens (tertiary/aromatic N) is 2. The molecule has 1 saturated heterocycles. The van der Waals surface area contributed by atoms with Crippen molar-refractivity contribution in [2.24, 2.45) is 0 Å². The molecule has 1 fully saturated rings. The fraction of sp³-hybridized carbons (Fsp3) is 0.200. The molecular weight excluding hydrogens is 363 g/mol. The third-order valence-electron chi connectivity index (χ3n) is 5.59. The number of aryl methyl sites for hydroxylation is 1. The zero-order valence-electron chi connectivity index (χ0n) is 16.2. The van der Waals surface area contributed by atoms with Crippen LogP contribution < -0.4 is 0 Å². The maximum Gasteiger partial charge on any atom is 0.254 e. The highest BCUT2D eigenvalue weighted by Crippen LogP contribution is 2.34. The molecule has 1 heterocycles. The second kappa shape index (κ2) is 7.89. The molecule has 0 radical (unpaired) electrons. The minimum Gasteiger partial charge on any atom is -0.331 e. The monoisotopic (exact) mass is 384 g/mol. The number of amides is 1. The number of likely N-dealkylation sites (tertiary alicyclic amines) is 1. The van der Waals surface area contributed by atoms with Gasteiger partial charge in [0.15, 0.2) is 0 Å². The van der Waals surface area contributed by atoms with Crippen molar-refractivity contribution in [3.8, 4) is 17.2 Å². The lowest BCUT2D eigenvalue weighted by atomic mass is 9.97. The number of carbonyl (C=O) groups excluding carboxylic acids is 1. The fourth-order valence-electron chi connectivity index (χ4n) is 4.04. The molecule has 0 N–H and O–H groups in total. The molecule has 1 aliphatic heterocycles. The Bertz CT molecular complexity index is 1100. The third-order valence-corrected chi connectivity index (χ3v) is 5.59. The van der Waals surface area contributed by atoms with Gasteiger partial charge in [0, 0.05) is 17.7 Å². The van der Waals surface area contributed by atoms with Crippen molar-refractivity contribution in [3.63, 3.8) is 0 Å². The Kier molecular flexibility index (Phi) is 5.14. The number of benzene rings is 3. The SMILES string of the molecule is Cc1ccc(C#N)cc1-c1ccc(C(=O)N2CCC[C@@H]2c2ccccc2F)cc1. The molecule has 3 aromatic rings. The van der Waals surface area contributed by atoms with Gasteiger partial charge in [-0.15, -0.1) is 0 Å². The Hall–Kier alpha value is -3.45. The van der Waals surface area contributed by atoms with Gasteiger partial charge < -0.3 is 4.90 Å². The zero-order chi connectivity index (χ0) is 20.4. The number of halogens is 1. The van der Waals surface area contributed by atoms with Gasteiger partial charge in [-0.3, -0.25) is 4.79 Å². The van der Waals surface area contributed by atoms with Crippen LogP contribution in [-0.2, 0) is 0 Å². The molecule has 0 bridgehead atoms. The van der Waals surface area contributed by atoms with E-state index in [9.17, 15) is 9.18 Å². The Morgan fingerprint density at radius 3 is 2.59 bits per heavy atom. The molecule has 0 aliphatic carbocycles. The molecule has 3 aromatic carbocycles. The van der Waals surface area contributed by atoms with Crippen molar-refractivity contribution in [2.75, 3.05) is 6.54 Å². The average Bonchev–Trinajstić information content (AvgIpc) is 3.24. The molecule has 1 atom stereocenters. The second-order valence-electron chi connectivity index (χ2n) is 7.40. The van der Waals surface area contributed by atoms with Crippen molar-refractivity contribution in [1.29, 1.82) is 5.26 Å². The Labute approximate surface area is 170 Å². The summed E-state index contributed by atoms with van der Waals surface area (Å²) in [7, 11) is 0. The van der Waals surface area contributed by atoms with Crippen molar-refractivity contribution in [1.82, 2.24) is 4.90 Å².